The third-order valence-corrected chi connectivity index (χ3v) is 3.81. The molecule has 0 saturated carbocycles. The fourth-order valence-corrected chi connectivity index (χ4v) is 2.45. The maximum Gasteiger partial charge on any atom is 0.323 e. The molecule has 0 aliphatic rings. The highest BCUT2D eigenvalue weighted by Gasteiger charge is 2.10. The van der Waals surface area contributed by atoms with Crippen LogP contribution in [0.5, 0.6) is 5.75 Å². The van der Waals surface area contributed by atoms with Crippen LogP contribution in [0.1, 0.15) is 0 Å². The zero-order valence-electron chi connectivity index (χ0n) is 12.4. The number of rotatable bonds is 4. The van der Waals surface area contributed by atoms with Crippen LogP contribution in [0.25, 0.3) is 0 Å². The Morgan fingerprint density at radius 2 is 1.78 bits per heavy atom. The van der Waals surface area contributed by atoms with E-state index in [1.165, 1.54) is 37.6 Å². The van der Waals surface area contributed by atoms with Gasteiger partial charge in [0.1, 0.15) is 17.4 Å². The Hall–Kier alpha value is -2.48. The van der Waals surface area contributed by atoms with E-state index in [0.717, 1.165) is 12.1 Å². The molecule has 2 N–H and O–H groups in total. The molecular weight excluding hydrogens is 326 g/mol. The fraction of sp³-hybridized carbons (Fsp3) is 0.133. The molecule has 0 aliphatic carbocycles. The van der Waals surface area contributed by atoms with Gasteiger partial charge in [0.05, 0.1) is 22.8 Å². The van der Waals surface area contributed by atoms with Gasteiger partial charge in [0.2, 0.25) is 0 Å². The summed E-state index contributed by atoms with van der Waals surface area (Å²) in [5, 5.41) is 4.81. The zero-order valence-corrected chi connectivity index (χ0v) is 13.2. The van der Waals surface area contributed by atoms with Crippen LogP contribution in [0.4, 0.5) is 25.0 Å². The van der Waals surface area contributed by atoms with Gasteiger partial charge in [-0.2, -0.15) is 0 Å². The van der Waals surface area contributed by atoms with Gasteiger partial charge in [-0.05, 0) is 24.3 Å². The van der Waals surface area contributed by atoms with Gasteiger partial charge < -0.3 is 15.4 Å². The van der Waals surface area contributed by atoms with Crippen molar-refractivity contribution in [1.82, 2.24) is 0 Å². The standard InChI is InChI=1S/C15H14F2N2O3S/c1-22-12-6-9(16)5-11(7-12)19-15(20)18-10-3-4-14(23(2)21)13(17)8-10/h3-8H,1-2H3,(H2,18,19,20)/t23-/m1/s1. The van der Waals surface area contributed by atoms with Gasteiger partial charge in [-0.15, -0.1) is 0 Å². The van der Waals surface area contributed by atoms with Crippen LogP contribution in [-0.2, 0) is 10.8 Å². The minimum Gasteiger partial charge on any atom is -0.497 e. The summed E-state index contributed by atoms with van der Waals surface area (Å²) in [6.07, 6.45) is 1.36. The smallest absolute Gasteiger partial charge is 0.323 e. The molecule has 0 unspecified atom stereocenters. The number of amides is 2. The third-order valence-electron chi connectivity index (χ3n) is 2.86. The van der Waals surface area contributed by atoms with E-state index < -0.39 is 28.5 Å². The molecule has 2 amide bonds. The number of hydrogen-bond donors (Lipinski definition) is 2. The maximum atomic E-state index is 13.7. The summed E-state index contributed by atoms with van der Waals surface area (Å²) in [6.45, 7) is 0. The van der Waals surface area contributed by atoms with Crippen LogP contribution >= 0.6 is 0 Å². The molecule has 8 heteroatoms. The van der Waals surface area contributed by atoms with E-state index in [-0.39, 0.29) is 22.0 Å². The van der Waals surface area contributed by atoms with Gasteiger partial charge in [-0.25, -0.2) is 13.6 Å². The van der Waals surface area contributed by atoms with Crippen LogP contribution in [-0.4, -0.2) is 23.6 Å². The molecule has 0 aromatic heterocycles. The number of halogens is 2. The lowest BCUT2D eigenvalue weighted by atomic mass is 10.3. The molecule has 0 radical (unpaired) electrons. The van der Waals surface area contributed by atoms with Gasteiger partial charge in [0.25, 0.3) is 0 Å². The molecular formula is C15H14F2N2O3S. The first-order valence-electron chi connectivity index (χ1n) is 6.44. The number of ether oxygens (including phenoxy) is 1. The number of carbonyl (C=O) groups is 1. The Labute approximate surface area is 134 Å². The second-order valence-corrected chi connectivity index (χ2v) is 5.91. The minimum absolute atomic E-state index is 0.0471. The molecule has 0 saturated heterocycles. The summed E-state index contributed by atoms with van der Waals surface area (Å²) in [6, 6.07) is 6.85. The summed E-state index contributed by atoms with van der Waals surface area (Å²) < 4.78 is 43.2. The minimum atomic E-state index is -1.46. The van der Waals surface area contributed by atoms with E-state index in [2.05, 4.69) is 10.6 Å². The number of urea groups is 1. The lowest BCUT2D eigenvalue weighted by Crippen LogP contribution is -2.19. The fourth-order valence-electron chi connectivity index (χ4n) is 1.86. The normalized spacial score (nSPS) is 11.7. The summed E-state index contributed by atoms with van der Waals surface area (Å²) in [5.41, 5.74) is 0.365. The maximum absolute atomic E-state index is 13.7. The van der Waals surface area contributed by atoms with Crippen LogP contribution < -0.4 is 15.4 Å². The number of nitrogens with one attached hydrogen (secondary N) is 2. The molecule has 0 bridgehead atoms. The largest absolute Gasteiger partial charge is 0.497 e. The Morgan fingerprint density at radius 3 is 2.39 bits per heavy atom. The second-order valence-electron chi connectivity index (χ2n) is 4.56. The highest BCUT2D eigenvalue weighted by Crippen LogP contribution is 2.21. The third kappa shape index (κ3) is 4.49. The highest BCUT2D eigenvalue weighted by atomic mass is 32.2. The van der Waals surface area contributed by atoms with E-state index in [4.69, 9.17) is 4.74 Å². The van der Waals surface area contributed by atoms with E-state index in [1.54, 1.807) is 0 Å². The Bertz CT molecular complexity index is 768. The molecule has 0 heterocycles. The van der Waals surface area contributed by atoms with Crippen molar-refractivity contribution in [3.63, 3.8) is 0 Å². The van der Waals surface area contributed by atoms with Crippen molar-refractivity contribution in [3.8, 4) is 5.75 Å². The molecule has 0 fully saturated rings. The zero-order chi connectivity index (χ0) is 17.0. The topological polar surface area (TPSA) is 67.4 Å². The van der Waals surface area contributed by atoms with Crippen molar-refractivity contribution in [3.05, 3.63) is 48.0 Å². The summed E-state index contributed by atoms with van der Waals surface area (Å²) in [4.78, 5) is 11.9. The molecule has 5 nitrogen and oxygen atoms in total. The van der Waals surface area contributed by atoms with Crippen LogP contribution in [0.15, 0.2) is 41.3 Å². The number of carbonyl (C=O) groups excluding carboxylic acids is 1. The molecule has 1 atom stereocenters. The molecule has 2 rings (SSSR count). The number of methoxy groups -OCH3 is 1. The number of anilines is 2. The van der Waals surface area contributed by atoms with Crippen LogP contribution in [0.2, 0.25) is 0 Å². The Kier molecular flexibility index (Phi) is 5.28. The summed E-state index contributed by atoms with van der Waals surface area (Å²) in [5.74, 6) is -1.00. The monoisotopic (exact) mass is 340 g/mol. The van der Waals surface area contributed by atoms with E-state index >= 15 is 0 Å². The van der Waals surface area contributed by atoms with Gasteiger partial charge >= 0.3 is 6.03 Å². The molecule has 0 spiro atoms. The average Bonchev–Trinajstić information content (AvgIpc) is 2.45. The van der Waals surface area contributed by atoms with E-state index in [0.29, 0.717) is 0 Å². The Morgan fingerprint density at radius 1 is 1.09 bits per heavy atom. The average molecular weight is 340 g/mol. The summed E-state index contributed by atoms with van der Waals surface area (Å²) >= 11 is 0. The van der Waals surface area contributed by atoms with Crippen LogP contribution in [0, 0.1) is 11.6 Å². The lowest BCUT2D eigenvalue weighted by molar-refractivity contribution is 0.262. The molecule has 122 valence electrons. The SMILES string of the molecule is COc1cc(F)cc(NC(=O)Nc2ccc([S@@](C)=O)c(F)c2)c1. The van der Waals surface area contributed by atoms with Crippen molar-refractivity contribution in [2.45, 2.75) is 4.90 Å². The van der Waals surface area contributed by atoms with E-state index in [1.807, 2.05) is 0 Å². The first-order chi connectivity index (χ1) is 10.9. The quantitative estimate of drug-likeness (QED) is 0.897. The highest BCUT2D eigenvalue weighted by molar-refractivity contribution is 7.84. The van der Waals surface area contributed by atoms with Crippen molar-refractivity contribution >= 4 is 28.2 Å². The van der Waals surface area contributed by atoms with Crippen LogP contribution in [0.3, 0.4) is 0 Å². The van der Waals surface area contributed by atoms with Crippen molar-refractivity contribution in [1.29, 1.82) is 0 Å². The Balaban J connectivity index is 2.09. The summed E-state index contributed by atoms with van der Waals surface area (Å²) in [7, 11) is -0.0827. The van der Waals surface area contributed by atoms with Gasteiger partial charge in [0.15, 0.2) is 0 Å². The van der Waals surface area contributed by atoms with Crippen molar-refractivity contribution < 1.29 is 22.5 Å². The molecule has 23 heavy (non-hydrogen) atoms. The van der Waals surface area contributed by atoms with Gasteiger partial charge in [-0.3, -0.25) is 4.21 Å². The van der Waals surface area contributed by atoms with Crippen molar-refractivity contribution in [2.24, 2.45) is 0 Å². The first kappa shape index (κ1) is 16.9. The number of hydrogen-bond acceptors (Lipinski definition) is 3. The van der Waals surface area contributed by atoms with Gasteiger partial charge in [0, 0.05) is 29.8 Å². The predicted molar refractivity (Wildman–Crippen MR) is 84.3 cm³/mol. The first-order valence-corrected chi connectivity index (χ1v) is 8.00. The van der Waals surface area contributed by atoms with Gasteiger partial charge in [-0.1, -0.05) is 0 Å². The van der Waals surface area contributed by atoms with E-state index in [9.17, 15) is 17.8 Å². The molecule has 2 aromatic rings. The second kappa shape index (κ2) is 7.19. The van der Waals surface area contributed by atoms with Crippen molar-refractivity contribution in [2.75, 3.05) is 24.0 Å². The molecule has 2 aromatic carbocycles. The molecule has 0 aliphatic heterocycles. The number of benzene rings is 2. The predicted octanol–water partition coefficient (Wildman–Crippen LogP) is 3.35. The lowest BCUT2D eigenvalue weighted by Gasteiger charge is -2.10.